The lowest BCUT2D eigenvalue weighted by molar-refractivity contribution is 0.0657. The molecule has 0 aliphatic heterocycles. The van der Waals surface area contributed by atoms with Crippen molar-refractivity contribution in [3.8, 4) is 11.5 Å². The Morgan fingerprint density at radius 1 is 0.561 bits per heavy atom. The first-order chi connectivity index (χ1) is 27.1. The monoisotopic (exact) mass is 792 g/mol. The van der Waals surface area contributed by atoms with Crippen molar-refractivity contribution < 1.29 is 39.8 Å². The van der Waals surface area contributed by atoms with E-state index in [0.717, 1.165) is 21.3 Å². The maximum Gasteiger partial charge on any atom is 0.293 e. The van der Waals surface area contributed by atoms with Crippen molar-refractivity contribution in [3.63, 3.8) is 0 Å². The molecule has 0 aliphatic carbocycles. The molecular weight excluding hydrogens is 748 g/mol. The molecule has 0 saturated heterocycles. The van der Waals surface area contributed by atoms with Gasteiger partial charge in [0.2, 0.25) is 0 Å². The van der Waals surface area contributed by atoms with Crippen LogP contribution in [0.25, 0.3) is 0 Å². The fourth-order valence-corrected chi connectivity index (χ4v) is 5.73. The number of aromatic hydroxyl groups is 2. The minimum absolute atomic E-state index is 0.0194. The molecule has 4 aromatic rings. The van der Waals surface area contributed by atoms with Crippen LogP contribution in [0.3, 0.4) is 0 Å². The molecule has 304 valence electrons. The number of aromatic nitrogens is 4. The third-order valence-electron chi connectivity index (χ3n) is 8.98. The number of nitrogens with one attached hydrogen (secondary N) is 2. The van der Waals surface area contributed by atoms with Crippen molar-refractivity contribution in [2.24, 2.45) is 14.1 Å². The molecule has 20 heteroatoms. The molecule has 0 atom stereocenters. The Morgan fingerprint density at radius 2 is 0.930 bits per heavy atom. The fourth-order valence-electron chi connectivity index (χ4n) is 5.73. The van der Waals surface area contributed by atoms with Gasteiger partial charge in [0.25, 0.3) is 45.9 Å². The van der Waals surface area contributed by atoms with Crippen LogP contribution in [-0.4, -0.2) is 112 Å². The number of rotatable bonds is 18. The Balaban J connectivity index is 1.39. The molecule has 0 bridgehead atoms. The summed E-state index contributed by atoms with van der Waals surface area (Å²) in [4.78, 5) is 103. The van der Waals surface area contributed by atoms with Crippen LogP contribution in [0.15, 0.2) is 80.1 Å². The largest absolute Gasteiger partial charge is 0.502 e. The van der Waals surface area contributed by atoms with Gasteiger partial charge in [-0.15, -0.1) is 9.46 Å². The molecule has 20 nitrogen and oxygen atoms in total. The summed E-state index contributed by atoms with van der Waals surface area (Å²) in [6.45, 7) is 0.486. The Labute approximate surface area is 324 Å². The van der Waals surface area contributed by atoms with Crippen LogP contribution in [0.2, 0.25) is 0 Å². The van der Waals surface area contributed by atoms with Gasteiger partial charge in [0.05, 0.1) is 11.1 Å². The molecule has 4 rings (SSSR count). The second-order valence-corrected chi connectivity index (χ2v) is 13.0. The third kappa shape index (κ3) is 10.6. The fraction of sp³-hybridized carbons (Fsp3) is 0.351. The van der Waals surface area contributed by atoms with Crippen LogP contribution >= 0.6 is 0 Å². The van der Waals surface area contributed by atoms with Gasteiger partial charge in [0.1, 0.15) is 11.4 Å². The van der Waals surface area contributed by atoms with E-state index in [9.17, 15) is 59.0 Å². The van der Waals surface area contributed by atoms with E-state index in [-0.39, 0.29) is 77.7 Å². The normalized spacial score (nSPS) is 10.8. The molecule has 4 heterocycles. The van der Waals surface area contributed by atoms with Gasteiger partial charge in [-0.25, -0.2) is 0 Å². The van der Waals surface area contributed by atoms with E-state index in [1.54, 1.807) is 0 Å². The van der Waals surface area contributed by atoms with Crippen molar-refractivity contribution in [2.75, 3.05) is 39.3 Å². The molecule has 4 aromatic heterocycles. The van der Waals surface area contributed by atoms with Crippen molar-refractivity contribution in [1.82, 2.24) is 39.0 Å². The number of nitrogens with zero attached hydrogens (tertiary/aromatic N) is 6. The van der Waals surface area contributed by atoms with Gasteiger partial charge in [-0.3, -0.25) is 38.4 Å². The summed E-state index contributed by atoms with van der Waals surface area (Å²) in [5.41, 5.74) is -4.14. The van der Waals surface area contributed by atoms with Crippen molar-refractivity contribution in [3.05, 3.63) is 125 Å². The van der Waals surface area contributed by atoms with Crippen molar-refractivity contribution in [1.29, 1.82) is 0 Å². The SMILES string of the molecule is Cn1ccc(C(=O)NCCCCN(CCCCN(CCCNC(=O)c2ccn(C)c(=O)c2O)C(=O)c2cccc(=O)n2O)C(=O)c2cccc(=O)n2O)c(O)c1=O. The van der Waals surface area contributed by atoms with Gasteiger partial charge >= 0.3 is 0 Å². The van der Waals surface area contributed by atoms with Crippen LogP contribution in [0.5, 0.6) is 11.5 Å². The topological polar surface area (TPSA) is 268 Å². The molecule has 4 amide bonds. The first kappa shape index (κ1) is 42.6. The minimum atomic E-state index is -0.831. The summed E-state index contributed by atoms with van der Waals surface area (Å²) >= 11 is 0. The van der Waals surface area contributed by atoms with Gasteiger partial charge in [0, 0.05) is 77.9 Å². The highest BCUT2D eigenvalue weighted by atomic mass is 16.5. The Kier molecular flexibility index (Phi) is 14.6. The van der Waals surface area contributed by atoms with Gasteiger partial charge in [0.15, 0.2) is 11.5 Å². The number of amides is 4. The summed E-state index contributed by atoms with van der Waals surface area (Å²) in [7, 11) is 2.84. The molecule has 0 radical (unpaired) electrons. The van der Waals surface area contributed by atoms with Crippen molar-refractivity contribution >= 4 is 23.6 Å². The lowest BCUT2D eigenvalue weighted by atomic mass is 10.2. The van der Waals surface area contributed by atoms with Gasteiger partial charge in [-0.2, -0.15) is 0 Å². The highest BCUT2D eigenvalue weighted by Crippen LogP contribution is 2.13. The molecular formula is C37H44N8O12. The third-order valence-corrected chi connectivity index (χ3v) is 8.98. The number of hydrogen-bond donors (Lipinski definition) is 6. The lowest BCUT2D eigenvalue weighted by Crippen LogP contribution is -2.39. The van der Waals surface area contributed by atoms with Gasteiger partial charge in [-0.1, -0.05) is 12.1 Å². The standard InChI is InChI=1S/C37H44N8O12/c1-40-22-14-24(30(48)36(40)54)32(50)38-16-3-4-18-42(34(52)26-10-7-12-28(46)44(26)56)19-5-6-20-43(35(53)27-11-8-13-29(47)45(27)57)21-9-17-39-33(51)25-15-23-41(2)37(55)31(25)49/h7-8,10-15,22-23,48-49,56-57H,3-6,9,16-21H2,1-2H3,(H,38,50)(H,39,51). The van der Waals surface area contributed by atoms with E-state index in [1.807, 2.05) is 0 Å². The van der Waals surface area contributed by atoms with Gasteiger partial charge in [-0.05, 0) is 56.4 Å². The summed E-state index contributed by atoms with van der Waals surface area (Å²) in [5.74, 6) is -4.14. The lowest BCUT2D eigenvalue weighted by Gasteiger charge is -2.26. The second-order valence-electron chi connectivity index (χ2n) is 13.0. The molecule has 57 heavy (non-hydrogen) atoms. The quantitative estimate of drug-likeness (QED) is 0.0560. The van der Waals surface area contributed by atoms with E-state index in [1.165, 1.54) is 72.7 Å². The molecule has 0 unspecified atom stereocenters. The maximum atomic E-state index is 13.5. The molecule has 0 spiro atoms. The predicted molar refractivity (Wildman–Crippen MR) is 202 cm³/mol. The van der Waals surface area contributed by atoms with Crippen LogP contribution in [0, 0.1) is 0 Å². The average molecular weight is 793 g/mol. The first-order valence-electron chi connectivity index (χ1n) is 17.9. The second kappa shape index (κ2) is 19.5. The predicted octanol–water partition coefficient (Wildman–Crippen LogP) is -0.312. The highest BCUT2D eigenvalue weighted by molar-refractivity contribution is 5.97. The summed E-state index contributed by atoms with van der Waals surface area (Å²) < 4.78 is 2.68. The number of pyridine rings is 4. The van der Waals surface area contributed by atoms with Gasteiger partial charge < -0.3 is 50.2 Å². The van der Waals surface area contributed by atoms with E-state index < -0.39 is 57.4 Å². The summed E-state index contributed by atoms with van der Waals surface area (Å²) in [6, 6.07) is 9.90. The number of aryl methyl sites for hydroxylation is 2. The number of unbranched alkanes of at least 4 members (excludes halogenated alkanes) is 2. The smallest absolute Gasteiger partial charge is 0.293 e. The summed E-state index contributed by atoms with van der Waals surface area (Å²) in [5, 5.41) is 45.9. The minimum Gasteiger partial charge on any atom is -0.502 e. The van der Waals surface area contributed by atoms with E-state index >= 15 is 0 Å². The average Bonchev–Trinajstić information content (AvgIpc) is 3.18. The zero-order valence-corrected chi connectivity index (χ0v) is 31.3. The Hall–Kier alpha value is -7.12. The van der Waals surface area contributed by atoms with Crippen LogP contribution in [0.1, 0.15) is 73.8 Å². The molecule has 0 aliphatic rings. The van der Waals surface area contributed by atoms with E-state index in [4.69, 9.17) is 0 Å². The maximum absolute atomic E-state index is 13.5. The molecule has 0 aromatic carbocycles. The molecule has 0 fully saturated rings. The summed E-state index contributed by atoms with van der Waals surface area (Å²) in [6.07, 6.45) is 4.17. The Morgan fingerprint density at radius 3 is 1.35 bits per heavy atom. The van der Waals surface area contributed by atoms with Crippen LogP contribution < -0.4 is 32.9 Å². The zero-order valence-electron chi connectivity index (χ0n) is 31.3. The van der Waals surface area contributed by atoms with Crippen LogP contribution in [0.4, 0.5) is 0 Å². The van der Waals surface area contributed by atoms with Crippen LogP contribution in [-0.2, 0) is 14.1 Å². The number of hydrogen-bond acceptors (Lipinski definition) is 12. The molecule has 0 saturated carbocycles. The number of carbonyl (C=O) groups excluding carboxylic acids is 4. The number of carbonyl (C=O) groups is 4. The first-order valence-corrected chi connectivity index (χ1v) is 17.9. The van der Waals surface area contributed by atoms with E-state index in [2.05, 4.69) is 10.6 Å². The Bertz CT molecular complexity index is 2360. The highest BCUT2D eigenvalue weighted by Gasteiger charge is 2.23. The zero-order chi connectivity index (χ0) is 41.8. The van der Waals surface area contributed by atoms with Crippen molar-refractivity contribution in [2.45, 2.75) is 32.1 Å². The van der Waals surface area contributed by atoms with E-state index in [0.29, 0.717) is 25.7 Å². The molecule has 6 N–H and O–H groups in total.